The van der Waals surface area contributed by atoms with E-state index in [1.54, 1.807) is 0 Å². The first-order valence-electron chi connectivity index (χ1n) is 8.55. The van der Waals surface area contributed by atoms with E-state index < -0.39 is 0 Å². The smallest absolute Gasteiger partial charge is 0.0468 e. The van der Waals surface area contributed by atoms with Crippen LogP contribution in [0.2, 0.25) is 0 Å². The summed E-state index contributed by atoms with van der Waals surface area (Å²) in [6.07, 6.45) is 8.90. The van der Waals surface area contributed by atoms with Gasteiger partial charge in [0.25, 0.3) is 0 Å². The van der Waals surface area contributed by atoms with Gasteiger partial charge in [0, 0.05) is 24.8 Å². The van der Waals surface area contributed by atoms with Crippen molar-refractivity contribution in [3.05, 3.63) is 0 Å². The van der Waals surface area contributed by atoms with E-state index in [9.17, 15) is 0 Å². The number of likely N-dealkylation sites (N-methyl/N-ethyl adjacent to an activating group) is 1. The molecule has 1 saturated carbocycles. The van der Waals surface area contributed by atoms with E-state index in [1.165, 1.54) is 44.9 Å². The predicted octanol–water partition coefficient (Wildman–Crippen LogP) is 2.29. The standard InChI is InChI=1S/C16H33N3O/c1-3-19(4-2)16(9-5-6-10-16)15(18-17)13-14-7-11-20-12-8-14/h14-15,18H,3-13,17H2,1-2H3. The van der Waals surface area contributed by atoms with Gasteiger partial charge in [-0.1, -0.05) is 26.7 Å². The van der Waals surface area contributed by atoms with Crippen molar-refractivity contribution >= 4 is 0 Å². The van der Waals surface area contributed by atoms with Crippen LogP contribution >= 0.6 is 0 Å². The summed E-state index contributed by atoms with van der Waals surface area (Å²) in [6.45, 7) is 8.68. The summed E-state index contributed by atoms with van der Waals surface area (Å²) >= 11 is 0. The van der Waals surface area contributed by atoms with Crippen molar-refractivity contribution in [3.8, 4) is 0 Å². The lowest BCUT2D eigenvalue weighted by Gasteiger charge is -2.47. The highest BCUT2D eigenvalue weighted by Crippen LogP contribution is 2.40. The van der Waals surface area contributed by atoms with Crippen molar-refractivity contribution in [2.75, 3.05) is 26.3 Å². The lowest BCUT2D eigenvalue weighted by Crippen LogP contribution is -2.62. The first kappa shape index (κ1) is 16.2. The summed E-state index contributed by atoms with van der Waals surface area (Å²) in [5.41, 5.74) is 3.49. The molecule has 1 aliphatic heterocycles. The van der Waals surface area contributed by atoms with Gasteiger partial charge < -0.3 is 4.74 Å². The summed E-state index contributed by atoms with van der Waals surface area (Å²) < 4.78 is 5.49. The Morgan fingerprint density at radius 1 is 1.20 bits per heavy atom. The quantitative estimate of drug-likeness (QED) is 0.556. The number of hydrazine groups is 1. The molecule has 2 fully saturated rings. The number of ether oxygens (including phenoxy) is 1. The highest BCUT2D eigenvalue weighted by molar-refractivity contribution is 5.03. The Kier molecular flexibility index (Phi) is 6.27. The molecule has 0 aromatic carbocycles. The second-order valence-electron chi connectivity index (χ2n) is 6.49. The summed E-state index contributed by atoms with van der Waals surface area (Å²) in [6, 6.07) is 0.424. The van der Waals surface area contributed by atoms with Gasteiger partial charge in [-0.25, -0.2) is 0 Å². The predicted molar refractivity (Wildman–Crippen MR) is 83.4 cm³/mol. The highest BCUT2D eigenvalue weighted by atomic mass is 16.5. The van der Waals surface area contributed by atoms with E-state index >= 15 is 0 Å². The van der Waals surface area contributed by atoms with Crippen molar-refractivity contribution in [3.63, 3.8) is 0 Å². The highest BCUT2D eigenvalue weighted by Gasteiger charge is 2.45. The average molecular weight is 283 g/mol. The molecule has 3 N–H and O–H groups in total. The van der Waals surface area contributed by atoms with Gasteiger partial charge in [-0.3, -0.25) is 16.2 Å². The molecule has 1 atom stereocenters. The van der Waals surface area contributed by atoms with E-state index in [0.717, 1.165) is 32.2 Å². The van der Waals surface area contributed by atoms with Crippen LogP contribution in [0.25, 0.3) is 0 Å². The van der Waals surface area contributed by atoms with Crippen molar-refractivity contribution in [2.45, 2.75) is 70.4 Å². The third-order valence-corrected chi connectivity index (χ3v) is 5.62. The Morgan fingerprint density at radius 3 is 2.30 bits per heavy atom. The van der Waals surface area contributed by atoms with Gasteiger partial charge in [-0.05, 0) is 51.1 Å². The van der Waals surface area contributed by atoms with Crippen LogP contribution in [0.3, 0.4) is 0 Å². The molecule has 1 heterocycles. The first-order valence-corrected chi connectivity index (χ1v) is 8.55. The van der Waals surface area contributed by atoms with Crippen molar-refractivity contribution in [1.29, 1.82) is 0 Å². The fourth-order valence-corrected chi connectivity index (χ4v) is 4.48. The maximum atomic E-state index is 5.99. The number of hydrogen-bond acceptors (Lipinski definition) is 4. The van der Waals surface area contributed by atoms with Crippen LogP contribution in [0.15, 0.2) is 0 Å². The van der Waals surface area contributed by atoms with Crippen LogP contribution in [0.1, 0.15) is 58.8 Å². The summed E-state index contributed by atoms with van der Waals surface area (Å²) in [4.78, 5) is 2.66. The molecule has 0 amide bonds. The van der Waals surface area contributed by atoms with Crippen LogP contribution in [-0.2, 0) is 4.74 Å². The third-order valence-electron chi connectivity index (χ3n) is 5.62. The molecule has 1 saturated heterocycles. The second kappa shape index (κ2) is 7.74. The largest absolute Gasteiger partial charge is 0.381 e. The third kappa shape index (κ3) is 3.35. The minimum Gasteiger partial charge on any atom is -0.381 e. The second-order valence-corrected chi connectivity index (χ2v) is 6.49. The Bertz CT molecular complexity index is 269. The SMILES string of the molecule is CCN(CC)C1(C(CC2CCOCC2)NN)CCCC1. The Balaban J connectivity index is 2.08. The van der Waals surface area contributed by atoms with Gasteiger partial charge in [0.2, 0.25) is 0 Å². The van der Waals surface area contributed by atoms with Crippen LogP contribution in [0, 0.1) is 5.92 Å². The number of hydrogen-bond donors (Lipinski definition) is 2. The first-order chi connectivity index (χ1) is 9.76. The number of nitrogens with one attached hydrogen (secondary N) is 1. The van der Waals surface area contributed by atoms with Gasteiger partial charge in [-0.15, -0.1) is 0 Å². The monoisotopic (exact) mass is 283 g/mol. The van der Waals surface area contributed by atoms with E-state index in [4.69, 9.17) is 10.6 Å². The molecule has 2 rings (SSSR count). The topological polar surface area (TPSA) is 50.5 Å². The number of nitrogens with zero attached hydrogens (tertiary/aromatic N) is 1. The van der Waals surface area contributed by atoms with E-state index in [0.29, 0.717) is 6.04 Å². The summed E-state index contributed by atoms with van der Waals surface area (Å²) in [7, 11) is 0. The molecule has 2 aliphatic rings. The molecule has 0 bridgehead atoms. The molecule has 118 valence electrons. The average Bonchev–Trinajstić information content (AvgIpc) is 2.97. The lowest BCUT2D eigenvalue weighted by molar-refractivity contribution is 0.0271. The lowest BCUT2D eigenvalue weighted by atomic mass is 9.79. The van der Waals surface area contributed by atoms with E-state index in [-0.39, 0.29) is 5.54 Å². The molecule has 0 radical (unpaired) electrons. The number of rotatable bonds is 7. The van der Waals surface area contributed by atoms with E-state index in [2.05, 4.69) is 24.2 Å². The zero-order chi connectivity index (χ0) is 14.4. The summed E-state index contributed by atoms with van der Waals surface area (Å²) in [5.74, 6) is 6.77. The minimum absolute atomic E-state index is 0.288. The fourth-order valence-electron chi connectivity index (χ4n) is 4.48. The Hall–Kier alpha value is -0.160. The van der Waals surface area contributed by atoms with Gasteiger partial charge in [-0.2, -0.15) is 0 Å². The Labute approximate surface area is 124 Å². The fraction of sp³-hybridized carbons (Fsp3) is 1.00. The van der Waals surface area contributed by atoms with Crippen molar-refractivity contribution < 1.29 is 4.74 Å². The van der Waals surface area contributed by atoms with Crippen LogP contribution in [0.4, 0.5) is 0 Å². The molecular formula is C16H33N3O. The minimum atomic E-state index is 0.288. The van der Waals surface area contributed by atoms with E-state index in [1.807, 2.05) is 0 Å². The molecule has 0 spiro atoms. The Morgan fingerprint density at radius 2 is 1.80 bits per heavy atom. The van der Waals surface area contributed by atoms with Crippen LogP contribution in [0.5, 0.6) is 0 Å². The van der Waals surface area contributed by atoms with Crippen LogP contribution < -0.4 is 11.3 Å². The zero-order valence-corrected chi connectivity index (χ0v) is 13.4. The number of nitrogens with two attached hydrogens (primary N) is 1. The molecule has 1 unspecified atom stereocenters. The van der Waals surface area contributed by atoms with Crippen molar-refractivity contribution in [1.82, 2.24) is 10.3 Å². The van der Waals surface area contributed by atoms with Gasteiger partial charge in [0.15, 0.2) is 0 Å². The maximum Gasteiger partial charge on any atom is 0.0468 e. The molecule has 1 aliphatic carbocycles. The van der Waals surface area contributed by atoms with Gasteiger partial charge in [0.05, 0.1) is 0 Å². The maximum absolute atomic E-state index is 5.99. The molecule has 20 heavy (non-hydrogen) atoms. The molecule has 0 aromatic heterocycles. The molecule has 4 nitrogen and oxygen atoms in total. The summed E-state index contributed by atoms with van der Waals surface area (Å²) in [5, 5.41) is 0. The van der Waals surface area contributed by atoms with Gasteiger partial charge >= 0.3 is 0 Å². The molecule has 0 aromatic rings. The molecule has 4 heteroatoms. The van der Waals surface area contributed by atoms with Crippen molar-refractivity contribution in [2.24, 2.45) is 11.8 Å². The zero-order valence-electron chi connectivity index (χ0n) is 13.4. The van der Waals surface area contributed by atoms with Crippen LogP contribution in [-0.4, -0.2) is 42.8 Å². The normalized spacial score (nSPS) is 25.2. The molecular weight excluding hydrogens is 250 g/mol. The van der Waals surface area contributed by atoms with Gasteiger partial charge in [0.1, 0.15) is 0 Å².